The Morgan fingerprint density at radius 1 is 1.53 bits per heavy atom. The summed E-state index contributed by atoms with van der Waals surface area (Å²) in [5.74, 6) is -0.105. The molecule has 17 heavy (non-hydrogen) atoms. The second-order valence-electron chi connectivity index (χ2n) is 4.16. The van der Waals surface area contributed by atoms with Crippen molar-refractivity contribution in [2.45, 2.75) is 24.6 Å². The van der Waals surface area contributed by atoms with Crippen LogP contribution in [0.4, 0.5) is 0 Å². The Kier molecular flexibility index (Phi) is 4.17. The smallest absolute Gasteiger partial charge is 0.223 e. The van der Waals surface area contributed by atoms with Crippen molar-refractivity contribution >= 4 is 37.1 Å². The van der Waals surface area contributed by atoms with Gasteiger partial charge in [-0.2, -0.15) is 0 Å². The molecule has 0 aromatic carbocycles. The summed E-state index contributed by atoms with van der Waals surface area (Å²) < 4.78 is 47.8. The number of nitrogens with zero attached hydrogens (tertiary/aromatic N) is 1. The summed E-state index contributed by atoms with van der Waals surface area (Å²) in [5, 5.41) is -0.981. The van der Waals surface area contributed by atoms with Gasteiger partial charge < -0.3 is 5.73 Å². The standard InChI is InChI=1S/C8H16N2O4S3/c1-6(8(9)15)17(13,14)10(2)7-3-4-16(11,12)5-7/h6-7H,3-5H2,1-2H3,(H2,9,15). The van der Waals surface area contributed by atoms with Crippen molar-refractivity contribution in [2.75, 3.05) is 18.6 Å². The Hall–Kier alpha value is -0.250. The van der Waals surface area contributed by atoms with Crippen LogP contribution in [0, 0.1) is 0 Å². The van der Waals surface area contributed by atoms with Crippen LogP contribution in [0.25, 0.3) is 0 Å². The molecule has 2 N–H and O–H groups in total. The van der Waals surface area contributed by atoms with Crippen LogP contribution < -0.4 is 5.73 Å². The Bertz CT molecular complexity index is 511. The highest BCUT2D eigenvalue weighted by Crippen LogP contribution is 2.21. The van der Waals surface area contributed by atoms with Crippen molar-refractivity contribution in [1.82, 2.24) is 4.31 Å². The summed E-state index contributed by atoms with van der Waals surface area (Å²) in [4.78, 5) is -0.113. The molecule has 1 rings (SSSR count). The van der Waals surface area contributed by atoms with Crippen molar-refractivity contribution < 1.29 is 16.8 Å². The van der Waals surface area contributed by atoms with Gasteiger partial charge in [0.15, 0.2) is 9.84 Å². The molecule has 1 heterocycles. The van der Waals surface area contributed by atoms with E-state index in [0.29, 0.717) is 6.42 Å². The van der Waals surface area contributed by atoms with E-state index in [-0.39, 0.29) is 16.5 Å². The fourth-order valence-corrected chi connectivity index (χ4v) is 5.29. The van der Waals surface area contributed by atoms with Gasteiger partial charge in [0.05, 0.1) is 16.5 Å². The average Bonchev–Trinajstić information content (AvgIpc) is 2.56. The van der Waals surface area contributed by atoms with Crippen molar-refractivity contribution in [2.24, 2.45) is 5.73 Å². The molecule has 0 amide bonds. The molecule has 0 aromatic rings. The molecule has 2 unspecified atom stereocenters. The first-order valence-corrected chi connectivity index (χ1v) is 8.78. The summed E-state index contributed by atoms with van der Waals surface area (Å²) in [6.07, 6.45) is 0.322. The Morgan fingerprint density at radius 3 is 2.41 bits per heavy atom. The highest BCUT2D eigenvalue weighted by atomic mass is 32.2. The van der Waals surface area contributed by atoms with Crippen LogP contribution in [0.3, 0.4) is 0 Å². The maximum absolute atomic E-state index is 12.0. The van der Waals surface area contributed by atoms with E-state index in [2.05, 4.69) is 12.2 Å². The molecule has 9 heteroatoms. The topological polar surface area (TPSA) is 97.5 Å². The van der Waals surface area contributed by atoms with Gasteiger partial charge in [0.25, 0.3) is 0 Å². The van der Waals surface area contributed by atoms with Crippen LogP contribution in [0.15, 0.2) is 0 Å². The fourth-order valence-electron chi connectivity index (χ4n) is 1.67. The lowest BCUT2D eigenvalue weighted by molar-refractivity contribution is 0.392. The average molecular weight is 300 g/mol. The van der Waals surface area contributed by atoms with E-state index < -0.39 is 31.2 Å². The Morgan fingerprint density at radius 2 is 2.06 bits per heavy atom. The van der Waals surface area contributed by atoms with Gasteiger partial charge in [-0.1, -0.05) is 12.2 Å². The van der Waals surface area contributed by atoms with E-state index in [4.69, 9.17) is 5.73 Å². The van der Waals surface area contributed by atoms with Gasteiger partial charge in [-0.05, 0) is 13.3 Å². The van der Waals surface area contributed by atoms with Crippen LogP contribution in [0.5, 0.6) is 0 Å². The first kappa shape index (κ1) is 14.8. The largest absolute Gasteiger partial charge is 0.392 e. The van der Waals surface area contributed by atoms with Crippen LogP contribution in [-0.2, 0) is 19.9 Å². The molecule has 0 saturated carbocycles. The van der Waals surface area contributed by atoms with Gasteiger partial charge in [0.2, 0.25) is 10.0 Å². The van der Waals surface area contributed by atoms with E-state index in [1.54, 1.807) is 0 Å². The lowest BCUT2D eigenvalue weighted by Gasteiger charge is -2.25. The van der Waals surface area contributed by atoms with E-state index in [9.17, 15) is 16.8 Å². The zero-order chi connectivity index (χ0) is 13.4. The number of thiocarbonyl (C=S) groups is 1. The van der Waals surface area contributed by atoms with Crippen molar-refractivity contribution in [3.8, 4) is 0 Å². The fraction of sp³-hybridized carbons (Fsp3) is 0.875. The van der Waals surface area contributed by atoms with Gasteiger partial charge >= 0.3 is 0 Å². The minimum atomic E-state index is -3.67. The normalized spacial score (nSPS) is 25.9. The maximum Gasteiger partial charge on any atom is 0.223 e. The minimum absolute atomic E-state index is 0.0268. The second-order valence-corrected chi connectivity index (χ2v) is 9.18. The van der Waals surface area contributed by atoms with Crippen LogP contribution in [-0.4, -0.2) is 56.0 Å². The summed E-state index contributed by atoms with van der Waals surface area (Å²) in [7, 11) is -5.42. The lowest BCUT2D eigenvalue weighted by Crippen LogP contribution is -2.46. The van der Waals surface area contributed by atoms with Gasteiger partial charge in [-0.15, -0.1) is 0 Å². The summed E-state index contributed by atoms with van der Waals surface area (Å²) in [6.45, 7) is 1.40. The molecular weight excluding hydrogens is 284 g/mol. The van der Waals surface area contributed by atoms with Crippen molar-refractivity contribution in [1.29, 1.82) is 0 Å². The van der Waals surface area contributed by atoms with E-state index >= 15 is 0 Å². The summed E-state index contributed by atoms with van der Waals surface area (Å²) in [6, 6.07) is -0.512. The van der Waals surface area contributed by atoms with E-state index in [1.807, 2.05) is 0 Å². The summed E-state index contributed by atoms with van der Waals surface area (Å²) in [5.41, 5.74) is 5.32. The number of hydrogen-bond acceptors (Lipinski definition) is 5. The third-order valence-corrected chi connectivity index (χ3v) is 7.47. The lowest BCUT2D eigenvalue weighted by atomic mass is 10.3. The van der Waals surface area contributed by atoms with E-state index in [1.165, 1.54) is 14.0 Å². The molecule has 0 aliphatic carbocycles. The molecule has 0 radical (unpaired) electrons. The maximum atomic E-state index is 12.0. The quantitative estimate of drug-likeness (QED) is 0.676. The molecule has 100 valence electrons. The van der Waals surface area contributed by atoms with Gasteiger partial charge in [0.1, 0.15) is 5.25 Å². The molecule has 2 atom stereocenters. The van der Waals surface area contributed by atoms with Crippen molar-refractivity contribution in [3.63, 3.8) is 0 Å². The van der Waals surface area contributed by atoms with E-state index in [0.717, 1.165) is 4.31 Å². The number of sulfone groups is 1. The molecule has 1 saturated heterocycles. The van der Waals surface area contributed by atoms with Crippen LogP contribution in [0.2, 0.25) is 0 Å². The third kappa shape index (κ3) is 3.15. The summed E-state index contributed by atoms with van der Waals surface area (Å²) >= 11 is 4.66. The highest BCUT2D eigenvalue weighted by Gasteiger charge is 2.38. The second kappa shape index (κ2) is 4.79. The minimum Gasteiger partial charge on any atom is -0.392 e. The third-order valence-electron chi connectivity index (χ3n) is 2.97. The highest BCUT2D eigenvalue weighted by molar-refractivity contribution is 7.93. The number of rotatable bonds is 4. The first-order valence-electron chi connectivity index (χ1n) is 5.04. The molecule has 1 aliphatic heterocycles. The molecule has 0 spiro atoms. The SMILES string of the molecule is CC(C(N)=S)S(=O)(=O)N(C)C1CCS(=O)(=O)C1. The van der Waals surface area contributed by atoms with Gasteiger partial charge in [0, 0.05) is 13.1 Å². The molecule has 1 aliphatic rings. The molecule has 0 bridgehead atoms. The predicted octanol–water partition coefficient (Wildman–Crippen LogP) is -0.890. The first-order chi connectivity index (χ1) is 7.58. The molecule has 6 nitrogen and oxygen atoms in total. The van der Waals surface area contributed by atoms with Crippen LogP contribution >= 0.6 is 12.2 Å². The number of nitrogens with two attached hydrogens (primary N) is 1. The Balaban J connectivity index is 2.91. The van der Waals surface area contributed by atoms with Crippen LogP contribution in [0.1, 0.15) is 13.3 Å². The van der Waals surface area contributed by atoms with Gasteiger partial charge in [-0.3, -0.25) is 0 Å². The Labute approximate surface area is 107 Å². The van der Waals surface area contributed by atoms with Gasteiger partial charge in [-0.25, -0.2) is 21.1 Å². The zero-order valence-electron chi connectivity index (χ0n) is 9.66. The molecule has 1 fully saturated rings. The zero-order valence-corrected chi connectivity index (χ0v) is 12.1. The molecular formula is C8H16N2O4S3. The number of sulfonamides is 1. The number of hydrogen-bond donors (Lipinski definition) is 1. The predicted molar refractivity (Wildman–Crippen MR) is 70.0 cm³/mol. The molecule has 0 aromatic heterocycles. The van der Waals surface area contributed by atoms with Crippen molar-refractivity contribution in [3.05, 3.63) is 0 Å². The monoisotopic (exact) mass is 300 g/mol.